The SMILES string of the molecule is CC(O)CC1COCCN1c1ccc([N+](=O)[O-])c(C(F)(F)F)c1. The van der Waals surface area contributed by atoms with E-state index in [1.165, 1.54) is 6.07 Å². The lowest BCUT2D eigenvalue weighted by Crippen LogP contribution is -2.47. The van der Waals surface area contributed by atoms with Gasteiger partial charge in [0.1, 0.15) is 5.56 Å². The number of anilines is 1. The Bertz CT molecular complexity index is 578. The maximum absolute atomic E-state index is 13.1. The first-order valence-electron chi connectivity index (χ1n) is 7.08. The van der Waals surface area contributed by atoms with Gasteiger partial charge in [0.15, 0.2) is 0 Å². The van der Waals surface area contributed by atoms with Crippen LogP contribution in [0.5, 0.6) is 0 Å². The predicted octanol–water partition coefficient (Wildman–Crippen LogP) is 2.59. The van der Waals surface area contributed by atoms with E-state index in [-0.39, 0.29) is 18.3 Å². The van der Waals surface area contributed by atoms with Gasteiger partial charge in [-0.1, -0.05) is 0 Å². The molecule has 1 saturated heterocycles. The molecule has 0 aromatic heterocycles. The van der Waals surface area contributed by atoms with Crippen molar-refractivity contribution in [2.75, 3.05) is 24.7 Å². The van der Waals surface area contributed by atoms with Crippen molar-refractivity contribution >= 4 is 11.4 Å². The van der Waals surface area contributed by atoms with E-state index in [2.05, 4.69) is 0 Å². The number of morpholine rings is 1. The number of benzene rings is 1. The Hall–Kier alpha value is -1.87. The summed E-state index contributed by atoms with van der Waals surface area (Å²) in [6, 6.07) is 2.67. The van der Waals surface area contributed by atoms with Crippen molar-refractivity contribution in [3.05, 3.63) is 33.9 Å². The van der Waals surface area contributed by atoms with E-state index in [1.807, 2.05) is 0 Å². The number of hydrogen-bond acceptors (Lipinski definition) is 5. The largest absolute Gasteiger partial charge is 0.423 e. The second-order valence-corrected chi connectivity index (χ2v) is 5.46. The highest BCUT2D eigenvalue weighted by molar-refractivity contribution is 5.57. The van der Waals surface area contributed by atoms with Crippen LogP contribution < -0.4 is 4.90 Å². The standard InChI is InChI=1S/C14H17F3N2O4/c1-9(20)6-11-8-23-5-4-18(11)10-2-3-13(19(21)22)12(7-10)14(15,16)17/h2-3,7,9,11,20H,4-6,8H2,1H3. The fourth-order valence-electron chi connectivity index (χ4n) is 2.67. The summed E-state index contributed by atoms with van der Waals surface area (Å²) in [7, 11) is 0. The van der Waals surface area contributed by atoms with Gasteiger partial charge in [0, 0.05) is 18.3 Å². The molecule has 2 rings (SSSR count). The third kappa shape index (κ3) is 4.11. The molecule has 0 bridgehead atoms. The number of hydrogen-bond donors (Lipinski definition) is 1. The van der Waals surface area contributed by atoms with Gasteiger partial charge < -0.3 is 14.7 Å². The molecule has 0 spiro atoms. The molecule has 0 aliphatic carbocycles. The topological polar surface area (TPSA) is 75.8 Å². The molecule has 1 N–H and O–H groups in total. The number of aliphatic hydroxyl groups is 1. The van der Waals surface area contributed by atoms with Crippen LogP contribution >= 0.6 is 0 Å². The first kappa shape index (κ1) is 17.5. The van der Waals surface area contributed by atoms with Gasteiger partial charge in [0.05, 0.1) is 30.3 Å². The zero-order chi connectivity index (χ0) is 17.2. The highest BCUT2D eigenvalue weighted by atomic mass is 19.4. The molecule has 1 aliphatic heterocycles. The lowest BCUT2D eigenvalue weighted by atomic mass is 10.1. The lowest BCUT2D eigenvalue weighted by Gasteiger charge is -2.38. The van der Waals surface area contributed by atoms with Crippen LogP contribution in [0, 0.1) is 10.1 Å². The molecule has 0 amide bonds. The Morgan fingerprint density at radius 3 is 2.78 bits per heavy atom. The van der Waals surface area contributed by atoms with Crippen molar-refractivity contribution in [1.82, 2.24) is 0 Å². The van der Waals surface area contributed by atoms with E-state index >= 15 is 0 Å². The average molecular weight is 334 g/mol. The van der Waals surface area contributed by atoms with Crippen LogP contribution in [0.1, 0.15) is 18.9 Å². The summed E-state index contributed by atoms with van der Waals surface area (Å²) in [5.74, 6) is 0. The third-order valence-corrected chi connectivity index (χ3v) is 3.65. The van der Waals surface area contributed by atoms with Gasteiger partial charge in [0.2, 0.25) is 0 Å². The zero-order valence-electron chi connectivity index (χ0n) is 12.4. The highest BCUT2D eigenvalue weighted by Crippen LogP contribution is 2.39. The minimum atomic E-state index is -4.82. The van der Waals surface area contributed by atoms with Crippen molar-refractivity contribution in [2.45, 2.75) is 31.7 Å². The summed E-state index contributed by atoms with van der Waals surface area (Å²) in [5.41, 5.74) is -2.01. The van der Waals surface area contributed by atoms with Crippen LogP contribution in [0.25, 0.3) is 0 Å². The van der Waals surface area contributed by atoms with E-state index in [4.69, 9.17) is 4.74 Å². The summed E-state index contributed by atoms with van der Waals surface area (Å²) in [4.78, 5) is 11.5. The zero-order valence-corrected chi connectivity index (χ0v) is 12.4. The highest BCUT2D eigenvalue weighted by Gasteiger charge is 2.39. The molecule has 1 fully saturated rings. The first-order chi connectivity index (χ1) is 10.7. The molecule has 9 heteroatoms. The number of nitro groups is 1. The molecule has 6 nitrogen and oxygen atoms in total. The van der Waals surface area contributed by atoms with Crippen LogP contribution in [0.4, 0.5) is 24.5 Å². The molecule has 2 unspecified atom stereocenters. The Kier molecular flexibility index (Phi) is 5.10. The predicted molar refractivity (Wildman–Crippen MR) is 76.3 cm³/mol. The van der Waals surface area contributed by atoms with E-state index in [1.54, 1.807) is 11.8 Å². The molecule has 23 heavy (non-hydrogen) atoms. The second kappa shape index (κ2) is 6.71. The number of ether oxygens (including phenoxy) is 1. The lowest BCUT2D eigenvalue weighted by molar-refractivity contribution is -0.388. The van der Waals surface area contributed by atoms with Crippen LogP contribution in [0.3, 0.4) is 0 Å². The summed E-state index contributed by atoms with van der Waals surface area (Å²) in [6.45, 7) is 2.56. The Morgan fingerprint density at radius 1 is 1.52 bits per heavy atom. The smallest absolute Gasteiger partial charge is 0.393 e. The van der Waals surface area contributed by atoms with Crippen molar-refractivity contribution < 1.29 is 27.9 Å². The van der Waals surface area contributed by atoms with Gasteiger partial charge in [-0.15, -0.1) is 0 Å². The molecule has 0 radical (unpaired) electrons. The van der Waals surface area contributed by atoms with Gasteiger partial charge in [-0.3, -0.25) is 10.1 Å². The van der Waals surface area contributed by atoms with Crippen LogP contribution in [0.2, 0.25) is 0 Å². The molecular weight excluding hydrogens is 317 g/mol. The second-order valence-electron chi connectivity index (χ2n) is 5.46. The Morgan fingerprint density at radius 2 is 2.22 bits per heavy atom. The normalized spacial score (nSPS) is 20.4. The fraction of sp³-hybridized carbons (Fsp3) is 0.571. The minimum absolute atomic E-state index is 0.233. The molecule has 0 saturated carbocycles. The summed E-state index contributed by atoms with van der Waals surface area (Å²) >= 11 is 0. The van der Waals surface area contributed by atoms with Gasteiger partial charge in [0.25, 0.3) is 5.69 Å². The molecule has 1 aromatic rings. The van der Waals surface area contributed by atoms with Crippen molar-refractivity contribution in [2.24, 2.45) is 0 Å². The van der Waals surface area contributed by atoms with Crippen molar-refractivity contribution in [3.63, 3.8) is 0 Å². The van der Waals surface area contributed by atoms with Crippen LogP contribution in [0.15, 0.2) is 18.2 Å². The molecule has 1 aromatic carbocycles. The summed E-state index contributed by atoms with van der Waals surface area (Å²) < 4.78 is 44.5. The van der Waals surface area contributed by atoms with Crippen LogP contribution in [-0.4, -0.2) is 41.9 Å². The first-order valence-corrected chi connectivity index (χ1v) is 7.08. The molecule has 1 heterocycles. The number of halogens is 3. The molecule has 2 atom stereocenters. The summed E-state index contributed by atoms with van der Waals surface area (Å²) in [5, 5.41) is 20.3. The maximum atomic E-state index is 13.1. The van der Waals surface area contributed by atoms with Crippen molar-refractivity contribution in [3.8, 4) is 0 Å². The van der Waals surface area contributed by atoms with E-state index < -0.39 is 28.5 Å². The molecule has 128 valence electrons. The number of aliphatic hydroxyl groups excluding tert-OH is 1. The van der Waals surface area contributed by atoms with Gasteiger partial charge >= 0.3 is 6.18 Å². The minimum Gasteiger partial charge on any atom is -0.393 e. The van der Waals surface area contributed by atoms with E-state index in [0.29, 0.717) is 19.6 Å². The third-order valence-electron chi connectivity index (χ3n) is 3.65. The van der Waals surface area contributed by atoms with Gasteiger partial charge in [-0.25, -0.2) is 0 Å². The molecular formula is C14H17F3N2O4. The van der Waals surface area contributed by atoms with Gasteiger partial charge in [-0.2, -0.15) is 13.2 Å². The quantitative estimate of drug-likeness (QED) is 0.676. The Balaban J connectivity index is 2.40. The molecule has 1 aliphatic rings. The van der Waals surface area contributed by atoms with Crippen molar-refractivity contribution in [1.29, 1.82) is 0 Å². The van der Waals surface area contributed by atoms with Crippen LogP contribution in [-0.2, 0) is 10.9 Å². The number of rotatable bonds is 4. The maximum Gasteiger partial charge on any atom is 0.423 e. The van der Waals surface area contributed by atoms with Gasteiger partial charge in [-0.05, 0) is 25.5 Å². The van der Waals surface area contributed by atoms with E-state index in [9.17, 15) is 28.4 Å². The average Bonchev–Trinajstić information content (AvgIpc) is 2.45. The number of nitro benzene ring substituents is 1. The summed E-state index contributed by atoms with van der Waals surface area (Å²) in [6.07, 6.45) is -5.12. The van der Waals surface area contributed by atoms with E-state index in [0.717, 1.165) is 12.1 Å². The Labute approximate surface area is 130 Å². The number of alkyl halides is 3. The monoisotopic (exact) mass is 334 g/mol. The number of nitrogens with zero attached hydrogens (tertiary/aromatic N) is 2. The fourth-order valence-corrected chi connectivity index (χ4v) is 2.67.